The minimum Gasteiger partial charge on any atom is -0.462 e. The van der Waals surface area contributed by atoms with Crippen molar-refractivity contribution in [2.45, 2.75) is 297 Å². The number of unbranched alkanes of at least 4 members (excludes halogenated alkanes) is 32. The first-order valence-corrected chi connectivity index (χ1v) is 28.8. The lowest BCUT2D eigenvalue weighted by atomic mass is 10.1. The second-order valence-corrected chi connectivity index (χ2v) is 19.2. The van der Waals surface area contributed by atoms with E-state index in [0.717, 1.165) is 64.2 Å². The summed E-state index contributed by atoms with van der Waals surface area (Å²) in [4.78, 5) is 25.5. The van der Waals surface area contributed by atoms with Crippen molar-refractivity contribution in [1.29, 1.82) is 0 Å². The highest BCUT2D eigenvalue weighted by atomic mass is 16.6. The smallest absolute Gasteiger partial charge is 0.306 e. The van der Waals surface area contributed by atoms with Gasteiger partial charge in [-0.1, -0.05) is 229 Å². The van der Waals surface area contributed by atoms with Crippen LogP contribution in [0.3, 0.4) is 0 Å². The van der Waals surface area contributed by atoms with E-state index in [2.05, 4.69) is 81.5 Å². The van der Waals surface area contributed by atoms with Gasteiger partial charge in [-0.15, -0.1) is 0 Å². The zero-order valence-corrected chi connectivity index (χ0v) is 44.2. The van der Waals surface area contributed by atoms with E-state index in [1.165, 1.54) is 193 Å². The molecule has 0 heterocycles. The van der Waals surface area contributed by atoms with Crippen LogP contribution in [0.2, 0.25) is 0 Å². The molecule has 0 aliphatic carbocycles. The first kappa shape index (κ1) is 63.6. The molecule has 0 aliphatic heterocycles. The van der Waals surface area contributed by atoms with E-state index in [4.69, 9.17) is 14.2 Å². The highest BCUT2D eigenvalue weighted by Crippen LogP contribution is 2.15. The zero-order chi connectivity index (χ0) is 47.7. The molecular weight excluding hydrogens is 813 g/mol. The van der Waals surface area contributed by atoms with Crippen LogP contribution >= 0.6 is 0 Å². The molecular formula is C61H110O5. The third kappa shape index (κ3) is 54.2. The number of allylic oxidation sites excluding steroid dienone is 10. The van der Waals surface area contributed by atoms with Gasteiger partial charge in [0.1, 0.15) is 6.61 Å². The number of carbonyl (C=O) groups excluding carboxylic acids is 2. The van der Waals surface area contributed by atoms with Crippen LogP contribution in [0.5, 0.6) is 0 Å². The minimum absolute atomic E-state index is 0.0756. The van der Waals surface area contributed by atoms with Gasteiger partial charge in [-0.2, -0.15) is 0 Å². The van der Waals surface area contributed by atoms with E-state index in [9.17, 15) is 9.59 Å². The Kier molecular flexibility index (Phi) is 54.9. The first-order valence-electron chi connectivity index (χ1n) is 28.8. The summed E-state index contributed by atoms with van der Waals surface area (Å²) in [6, 6.07) is 0. The molecule has 5 heteroatoms. The number of hydrogen-bond donors (Lipinski definition) is 0. The predicted molar refractivity (Wildman–Crippen MR) is 288 cm³/mol. The minimum atomic E-state index is -0.548. The number of rotatable bonds is 53. The third-order valence-electron chi connectivity index (χ3n) is 12.5. The van der Waals surface area contributed by atoms with Crippen molar-refractivity contribution in [3.8, 4) is 0 Å². The Morgan fingerprint density at radius 3 is 1.05 bits per heavy atom. The van der Waals surface area contributed by atoms with Crippen molar-refractivity contribution in [3.05, 3.63) is 60.8 Å². The fraction of sp³-hybridized carbons (Fsp3) is 0.803. The summed E-state index contributed by atoms with van der Waals surface area (Å²) in [5, 5.41) is 0. The summed E-state index contributed by atoms with van der Waals surface area (Å²) in [7, 11) is 0. The zero-order valence-electron chi connectivity index (χ0n) is 44.2. The van der Waals surface area contributed by atoms with Crippen LogP contribution in [-0.2, 0) is 23.8 Å². The maximum Gasteiger partial charge on any atom is 0.306 e. The van der Waals surface area contributed by atoms with E-state index in [1.807, 2.05) is 0 Å². The molecule has 0 saturated carbocycles. The van der Waals surface area contributed by atoms with Crippen LogP contribution in [0.1, 0.15) is 290 Å². The molecule has 384 valence electrons. The Morgan fingerprint density at radius 1 is 0.333 bits per heavy atom. The fourth-order valence-corrected chi connectivity index (χ4v) is 8.15. The molecule has 1 unspecified atom stereocenters. The monoisotopic (exact) mass is 923 g/mol. The standard InChI is InChI=1S/C61H110O5/c1-4-7-10-13-16-19-22-25-28-31-33-36-39-42-45-48-51-54-60(62)65-58-59(57-64-56-53-50-47-44-41-38-35-30-27-24-21-18-15-12-9-6-3)66-61(63)55-52-49-46-43-40-37-34-32-29-26-23-20-17-14-11-8-5-2/h16,18-19,21,25-30,59H,4-15,17,20,22-24,31-58H2,1-3H3/b19-16-,21-18-,28-25-,29-26-,30-27-. The Balaban J connectivity index is 4.30. The normalized spacial score (nSPS) is 12.6. The maximum atomic E-state index is 12.9. The summed E-state index contributed by atoms with van der Waals surface area (Å²) < 4.78 is 17.5. The molecule has 0 fully saturated rings. The molecule has 0 aromatic rings. The molecule has 1 atom stereocenters. The lowest BCUT2D eigenvalue weighted by Crippen LogP contribution is -2.30. The van der Waals surface area contributed by atoms with Gasteiger partial charge in [0.2, 0.25) is 0 Å². The molecule has 0 amide bonds. The molecule has 0 spiro atoms. The van der Waals surface area contributed by atoms with Crippen LogP contribution in [-0.4, -0.2) is 37.9 Å². The van der Waals surface area contributed by atoms with Crippen molar-refractivity contribution in [1.82, 2.24) is 0 Å². The molecule has 0 N–H and O–H groups in total. The Bertz CT molecular complexity index is 1130. The van der Waals surface area contributed by atoms with Crippen molar-refractivity contribution in [2.75, 3.05) is 19.8 Å². The van der Waals surface area contributed by atoms with Crippen LogP contribution in [0.25, 0.3) is 0 Å². The van der Waals surface area contributed by atoms with Gasteiger partial charge in [-0.3, -0.25) is 9.59 Å². The van der Waals surface area contributed by atoms with E-state index >= 15 is 0 Å². The highest BCUT2D eigenvalue weighted by molar-refractivity contribution is 5.70. The van der Waals surface area contributed by atoms with Crippen molar-refractivity contribution >= 4 is 11.9 Å². The maximum absolute atomic E-state index is 12.9. The number of ether oxygens (including phenoxy) is 3. The van der Waals surface area contributed by atoms with E-state index in [-0.39, 0.29) is 25.2 Å². The Hall–Kier alpha value is -2.40. The second kappa shape index (κ2) is 56.9. The van der Waals surface area contributed by atoms with Crippen LogP contribution in [0.15, 0.2) is 60.8 Å². The summed E-state index contributed by atoms with van der Waals surface area (Å²) in [6.07, 6.45) is 72.3. The van der Waals surface area contributed by atoms with Gasteiger partial charge >= 0.3 is 11.9 Å². The summed E-state index contributed by atoms with van der Waals surface area (Å²) in [5.41, 5.74) is 0. The molecule has 0 aliphatic rings. The average Bonchev–Trinajstić information content (AvgIpc) is 3.32. The van der Waals surface area contributed by atoms with Gasteiger partial charge in [0.25, 0.3) is 0 Å². The van der Waals surface area contributed by atoms with E-state index in [0.29, 0.717) is 19.4 Å². The second-order valence-electron chi connectivity index (χ2n) is 19.2. The summed E-state index contributed by atoms with van der Waals surface area (Å²) in [6.45, 7) is 7.77. The van der Waals surface area contributed by atoms with Crippen LogP contribution in [0, 0.1) is 0 Å². The van der Waals surface area contributed by atoms with E-state index in [1.54, 1.807) is 0 Å². The van der Waals surface area contributed by atoms with Crippen molar-refractivity contribution in [3.63, 3.8) is 0 Å². The van der Waals surface area contributed by atoms with Crippen LogP contribution in [0.4, 0.5) is 0 Å². The molecule has 0 bridgehead atoms. The highest BCUT2D eigenvalue weighted by Gasteiger charge is 2.17. The van der Waals surface area contributed by atoms with Gasteiger partial charge in [-0.25, -0.2) is 0 Å². The van der Waals surface area contributed by atoms with Crippen molar-refractivity contribution in [2.24, 2.45) is 0 Å². The Labute approximate surface area is 411 Å². The average molecular weight is 924 g/mol. The van der Waals surface area contributed by atoms with Crippen molar-refractivity contribution < 1.29 is 23.8 Å². The lowest BCUT2D eigenvalue weighted by Gasteiger charge is -2.18. The molecule has 0 saturated heterocycles. The van der Waals surface area contributed by atoms with E-state index < -0.39 is 6.10 Å². The largest absolute Gasteiger partial charge is 0.462 e. The SMILES string of the molecule is CCCCC/C=C\C/C=C\CCCCCCCCCC(=O)OCC(COCCCCCCCC/C=C\C/C=C\CCCCC)OC(=O)CCCCCCCCC/C=C\CCCCCCCC. The molecule has 0 aromatic heterocycles. The number of esters is 2. The summed E-state index contributed by atoms with van der Waals surface area (Å²) >= 11 is 0. The van der Waals surface area contributed by atoms with Gasteiger partial charge in [0.05, 0.1) is 6.61 Å². The molecule has 5 nitrogen and oxygen atoms in total. The predicted octanol–water partition coefficient (Wildman–Crippen LogP) is 19.7. The number of hydrogen-bond acceptors (Lipinski definition) is 5. The molecule has 0 radical (unpaired) electrons. The fourth-order valence-electron chi connectivity index (χ4n) is 8.15. The van der Waals surface area contributed by atoms with Gasteiger partial charge in [0, 0.05) is 19.4 Å². The topological polar surface area (TPSA) is 61.8 Å². The molecule has 66 heavy (non-hydrogen) atoms. The third-order valence-corrected chi connectivity index (χ3v) is 12.5. The van der Waals surface area contributed by atoms with Crippen LogP contribution < -0.4 is 0 Å². The lowest BCUT2D eigenvalue weighted by molar-refractivity contribution is -0.163. The molecule has 0 aromatic carbocycles. The molecule has 0 rings (SSSR count). The number of carbonyl (C=O) groups is 2. The Morgan fingerprint density at radius 2 is 0.636 bits per heavy atom. The van der Waals surface area contributed by atoms with Gasteiger partial charge < -0.3 is 14.2 Å². The van der Waals surface area contributed by atoms with Gasteiger partial charge in [0.15, 0.2) is 6.10 Å². The van der Waals surface area contributed by atoms with Gasteiger partial charge in [-0.05, 0) is 109 Å². The summed E-state index contributed by atoms with van der Waals surface area (Å²) in [5.74, 6) is -0.407. The first-order chi connectivity index (χ1) is 32.6. The quantitative estimate of drug-likeness (QED) is 0.0346.